The van der Waals surface area contributed by atoms with Crippen molar-refractivity contribution in [1.82, 2.24) is 14.5 Å². The molecule has 5 heteroatoms. The normalized spacial score (nSPS) is 11.1. The average Bonchev–Trinajstić information content (AvgIpc) is 2.53. The summed E-state index contributed by atoms with van der Waals surface area (Å²) in [6.07, 6.45) is 0. The number of aryl methyl sites for hydroxylation is 2. The third kappa shape index (κ3) is 1.55. The van der Waals surface area contributed by atoms with E-state index in [1.54, 1.807) is 13.0 Å². The van der Waals surface area contributed by atoms with Crippen LogP contribution in [0.15, 0.2) is 10.9 Å². The molecule has 80 valence electrons. The number of fused-ring (bicyclic) bond motifs is 1. The molecule has 0 fully saturated rings. The molecule has 2 N–H and O–H groups in total. The number of nitrogens with zero attached hydrogens (tertiary/aromatic N) is 2. The molecule has 0 unspecified atom stereocenters. The lowest BCUT2D eigenvalue weighted by Gasteiger charge is -2.06. The molecule has 15 heavy (non-hydrogen) atoms. The number of H-pyrrole nitrogens is 1. The Labute approximate surface area is 86.4 Å². The van der Waals surface area contributed by atoms with Crippen molar-refractivity contribution in [1.29, 1.82) is 0 Å². The molecule has 0 bridgehead atoms. The van der Waals surface area contributed by atoms with Gasteiger partial charge in [-0.2, -0.15) is 0 Å². The van der Waals surface area contributed by atoms with Gasteiger partial charge in [0.2, 0.25) is 0 Å². The molecule has 2 aromatic rings. The van der Waals surface area contributed by atoms with Crippen molar-refractivity contribution in [2.24, 2.45) is 0 Å². The highest BCUT2D eigenvalue weighted by Crippen LogP contribution is 2.08. The summed E-state index contributed by atoms with van der Waals surface area (Å²) in [4.78, 5) is 19.2. The van der Waals surface area contributed by atoms with Crippen molar-refractivity contribution in [3.8, 4) is 0 Å². The third-order valence-corrected chi connectivity index (χ3v) is 2.39. The molecule has 0 spiro atoms. The number of nitrogens with one attached hydrogen (secondary N) is 1. The van der Waals surface area contributed by atoms with Crippen LogP contribution in [0.1, 0.15) is 11.5 Å². The quantitative estimate of drug-likeness (QED) is 0.745. The third-order valence-electron chi connectivity index (χ3n) is 2.39. The molecule has 5 nitrogen and oxygen atoms in total. The van der Waals surface area contributed by atoms with Crippen LogP contribution in [-0.2, 0) is 6.54 Å². The maximum atomic E-state index is 11.9. The van der Waals surface area contributed by atoms with Crippen molar-refractivity contribution in [2.75, 3.05) is 6.61 Å². The van der Waals surface area contributed by atoms with Gasteiger partial charge in [0.1, 0.15) is 11.5 Å². The lowest BCUT2D eigenvalue weighted by Crippen LogP contribution is -2.24. The van der Waals surface area contributed by atoms with Gasteiger partial charge in [-0.05, 0) is 19.9 Å². The van der Waals surface area contributed by atoms with E-state index in [0.29, 0.717) is 16.9 Å². The van der Waals surface area contributed by atoms with E-state index >= 15 is 0 Å². The maximum absolute atomic E-state index is 11.9. The Hall–Kier alpha value is -1.62. The van der Waals surface area contributed by atoms with Gasteiger partial charge in [-0.15, -0.1) is 0 Å². The predicted octanol–water partition coefficient (Wildman–Crippen LogP) is 0.334. The lowest BCUT2D eigenvalue weighted by atomic mass is 10.3. The molecule has 2 heterocycles. The standard InChI is InChI=1S/C10H13N3O2/c1-6-5-8-9(11-6)12-7(2)13(3-4-14)10(8)15/h5,11,14H,3-4H2,1-2H3. The fraction of sp³-hybridized carbons (Fsp3) is 0.400. The number of aliphatic hydroxyl groups excluding tert-OH is 1. The Bertz CT molecular complexity index is 554. The second-order valence-corrected chi connectivity index (χ2v) is 3.55. The van der Waals surface area contributed by atoms with Crippen LogP contribution in [0.3, 0.4) is 0 Å². The van der Waals surface area contributed by atoms with Crippen LogP contribution in [0.5, 0.6) is 0 Å². The highest BCUT2D eigenvalue weighted by atomic mass is 16.3. The summed E-state index contributed by atoms with van der Waals surface area (Å²) in [5.41, 5.74) is 1.43. The Morgan fingerprint density at radius 3 is 2.93 bits per heavy atom. The summed E-state index contributed by atoms with van der Waals surface area (Å²) >= 11 is 0. The predicted molar refractivity (Wildman–Crippen MR) is 56.9 cm³/mol. The number of aliphatic hydroxyl groups is 1. The van der Waals surface area contributed by atoms with E-state index in [0.717, 1.165) is 5.69 Å². The molecule has 0 saturated carbocycles. The summed E-state index contributed by atoms with van der Waals surface area (Å²) < 4.78 is 1.48. The van der Waals surface area contributed by atoms with Gasteiger partial charge in [0.25, 0.3) is 5.56 Å². The molecule has 0 saturated heterocycles. The minimum atomic E-state index is -0.101. The van der Waals surface area contributed by atoms with Gasteiger partial charge in [-0.3, -0.25) is 9.36 Å². The molecule has 0 amide bonds. The summed E-state index contributed by atoms with van der Waals surface area (Å²) in [7, 11) is 0. The molecule has 0 aromatic carbocycles. The van der Waals surface area contributed by atoms with Crippen LogP contribution >= 0.6 is 0 Å². The average molecular weight is 207 g/mol. The van der Waals surface area contributed by atoms with Gasteiger partial charge in [0, 0.05) is 5.69 Å². The zero-order chi connectivity index (χ0) is 11.0. The van der Waals surface area contributed by atoms with Gasteiger partial charge in [-0.1, -0.05) is 0 Å². The van der Waals surface area contributed by atoms with Gasteiger partial charge >= 0.3 is 0 Å². The molecular formula is C10H13N3O2. The fourth-order valence-electron chi connectivity index (χ4n) is 1.70. The fourth-order valence-corrected chi connectivity index (χ4v) is 1.70. The van der Waals surface area contributed by atoms with Crippen molar-refractivity contribution < 1.29 is 5.11 Å². The highest BCUT2D eigenvalue weighted by molar-refractivity contribution is 5.75. The first kappa shape index (κ1) is 9.92. The Kier molecular flexibility index (Phi) is 2.32. The minimum Gasteiger partial charge on any atom is -0.395 e. The highest BCUT2D eigenvalue weighted by Gasteiger charge is 2.09. The van der Waals surface area contributed by atoms with Crippen molar-refractivity contribution in [3.05, 3.63) is 27.9 Å². The summed E-state index contributed by atoms with van der Waals surface area (Å²) in [6.45, 7) is 3.87. The van der Waals surface area contributed by atoms with E-state index in [1.165, 1.54) is 4.57 Å². The molecule has 0 radical (unpaired) electrons. The van der Waals surface area contributed by atoms with E-state index in [2.05, 4.69) is 9.97 Å². The molecule has 0 aliphatic carbocycles. The maximum Gasteiger partial charge on any atom is 0.263 e. The number of aromatic amines is 1. The first-order valence-corrected chi connectivity index (χ1v) is 4.81. The number of aromatic nitrogens is 3. The number of hydrogen-bond donors (Lipinski definition) is 2. The van der Waals surface area contributed by atoms with Crippen LogP contribution in [-0.4, -0.2) is 26.2 Å². The molecule has 2 aromatic heterocycles. The van der Waals surface area contributed by atoms with Crippen LogP contribution in [0.25, 0.3) is 11.0 Å². The number of hydrogen-bond acceptors (Lipinski definition) is 3. The molecule has 0 aliphatic heterocycles. The van der Waals surface area contributed by atoms with Crippen LogP contribution in [0.4, 0.5) is 0 Å². The van der Waals surface area contributed by atoms with E-state index < -0.39 is 0 Å². The van der Waals surface area contributed by atoms with Gasteiger partial charge in [0.15, 0.2) is 0 Å². The van der Waals surface area contributed by atoms with Crippen LogP contribution in [0, 0.1) is 13.8 Å². The summed E-state index contributed by atoms with van der Waals surface area (Å²) in [5, 5.41) is 9.43. The topological polar surface area (TPSA) is 70.9 Å². The Morgan fingerprint density at radius 2 is 2.27 bits per heavy atom. The first-order chi connectivity index (χ1) is 7.13. The SMILES string of the molecule is Cc1cc2c(=O)n(CCO)c(C)nc2[nH]1. The minimum absolute atomic E-state index is 0.0582. The first-order valence-electron chi connectivity index (χ1n) is 4.81. The van der Waals surface area contributed by atoms with E-state index in [1.807, 2.05) is 6.92 Å². The van der Waals surface area contributed by atoms with Crippen molar-refractivity contribution in [2.45, 2.75) is 20.4 Å². The lowest BCUT2D eigenvalue weighted by molar-refractivity contribution is 0.272. The second kappa shape index (κ2) is 3.51. The van der Waals surface area contributed by atoms with E-state index in [-0.39, 0.29) is 18.7 Å². The van der Waals surface area contributed by atoms with E-state index in [4.69, 9.17) is 5.11 Å². The second-order valence-electron chi connectivity index (χ2n) is 3.55. The molecule has 2 rings (SSSR count). The zero-order valence-electron chi connectivity index (χ0n) is 8.74. The summed E-state index contributed by atoms with van der Waals surface area (Å²) in [6, 6.07) is 1.78. The van der Waals surface area contributed by atoms with E-state index in [9.17, 15) is 4.79 Å². The Balaban J connectivity index is 2.77. The zero-order valence-corrected chi connectivity index (χ0v) is 8.74. The largest absolute Gasteiger partial charge is 0.395 e. The molecule has 0 atom stereocenters. The van der Waals surface area contributed by atoms with Crippen molar-refractivity contribution in [3.63, 3.8) is 0 Å². The van der Waals surface area contributed by atoms with Crippen LogP contribution < -0.4 is 5.56 Å². The monoisotopic (exact) mass is 207 g/mol. The number of rotatable bonds is 2. The smallest absolute Gasteiger partial charge is 0.263 e. The molecular weight excluding hydrogens is 194 g/mol. The van der Waals surface area contributed by atoms with Crippen LogP contribution in [0.2, 0.25) is 0 Å². The molecule has 0 aliphatic rings. The van der Waals surface area contributed by atoms with Crippen molar-refractivity contribution >= 4 is 11.0 Å². The Morgan fingerprint density at radius 1 is 1.53 bits per heavy atom. The van der Waals surface area contributed by atoms with Gasteiger partial charge in [0.05, 0.1) is 18.5 Å². The van der Waals surface area contributed by atoms with Gasteiger partial charge in [-0.25, -0.2) is 4.98 Å². The van der Waals surface area contributed by atoms with Gasteiger partial charge < -0.3 is 10.1 Å². The summed E-state index contributed by atoms with van der Waals surface area (Å²) in [5.74, 6) is 0.614.